The van der Waals surface area contributed by atoms with Gasteiger partial charge in [-0.25, -0.2) is 14.2 Å². The van der Waals surface area contributed by atoms with E-state index in [4.69, 9.17) is 14.5 Å². The lowest BCUT2D eigenvalue weighted by Gasteiger charge is -2.34. The molecule has 196 valence electrons. The number of carbonyl (C=O) groups excluding carboxylic acids is 1. The molecule has 9 heteroatoms. The van der Waals surface area contributed by atoms with Gasteiger partial charge in [-0.2, -0.15) is 0 Å². The number of aryl methyl sites for hydroxylation is 1. The molecule has 1 saturated carbocycles. The predicted octanol–water partition coefficient (Wildman–Crippen LogP) is 5.50. The molecule has 8 nitrogen and oxygen atoms in total. The first-order chi connectivity index (χ1) is 17.8. The van der Waals surface area contributed by atoms with Crippen LogP contribution in [-0.4, -0.2) is 47.0 Å². The second-order valence-electron chi connectivity index (χ2n) is 10.0. The first-order valence-electron chi connectivity index (χ1n) is 12.8. The Kier molecular flexibility index (Phi) is 6.79. The lowest BCUT2D eigenvalue weighted by molar-refractivity contribution is -0.143. The topological polar surface area (TPSA) is 93.9 Å². The van der Waals surface area contributed by atoms with Crippen LogP contribution in [0.5, 0.6) is 5.75 Å². The van der Waals surface area contributed by atoms with Crippen molar-refractivity contribution in [3.05, 3.63) is 53.1 Å². The SMILES string of the molecule is COC(=O)N1c2ccc3c(nc(Cc4cccc(F)c4OC)n3C3CCC(C(=O)O)CC3)c2CCC1C. The van der Waals surface area contributed by atoms with Crippen LogP contribution in [0.25, 0.3) is 11.0 Å². The van der Waals surface area contributed by atoms with Gasteiger partial charge in [0.2, 0.25) is 0 Å². The van der Waals surface area contributed by atoms with Crippen LogP contribution in [0.15, 0.2) is 30.3 Å². The second-order valence-corrected chi connectivity index (χ2v) is 10.0. The summed E-state index contributed by atoms with van der Waals surface area (Å²) in [7, 11) is 2.84. The Labute approximate surface area is 215 Å². The van der Waals surface area contributed by atoms with E-state index >= 15 is 0 Å². The number of halogens is 1. The van der Waals surface area contributed by atoms with Crippen molar-refractivity contribution in [1.82, 2.24) is 9.55 Å². The largest absolute Gasteiger partial charge is 0.493 e. The summed E-state index contributed by atoms with van der Waals surface area (Å²) in [6.07, 6.45) is 4.15. The third kappa shape index (κ3) is 4.40. The quantitative estimate of drug-likeness (QED) is 0.488. The Balaban J connectivity index is 1.64. The number of carboxylic acids is 1. The summed E-state index contributed by atoms with van der Waals surface area (Å²) in [5.41, 5.74) is 4.25. The average Bonchev–Trinajstić information content (AvgIpc) is 3.26. The van der Waals surface area contributed by atoms with Crippen LogP contribution in [0, 0.1) is 11.7 Å². The Hall–Kier alpha value is -3.62. The minimum Gasteiger partial charge on any atom is -0.493 e. The Morgan fingerprint density at radius 3 is 2.54 bits per heavy atom. The third-order valence-electron chi connectivity index (χ3n) is 7.91. The fourth-order valence-corrected chi connectivity index (χ4v) is 6.03. The average molecular weight is 510 g/mol. The smallest absolute Gasteiger partial charge is 0.414 e. The summed E-state index contributed by atoms with van der Waals surface area (Å²) in [6, 6.07) is 8.90. The molecule has 1 aliphatic heterocycles. The molecule has 0 radical (unpaired) electrons. The van der Waals surface area contributed by atoms with Crippen molar-refractivity contribution >= 4 is 28.8 Å². The van der Waals surface area contributed by atoms with Gasteiger partial charge in [-0.1, -0.05) is 12.1 Å². The van der Waals surface area contributed by atoms with Gasteiger partial charge in [0, 0.05) is 29.6 Å². The number of amides is 1. The monoisotopic (exact) mass is 509 g/mol. The summed E-state index contributed by atoms with van der Waals surface area (Å²) < 4.78 is 27.1. The highest BCUT2D eigenvalue weighted by Gasteiger charge is 2.34. The van der Waals surface area contributed by atoms with Crippen LogP contribution in [0.4, 0.5) is 14.9 Å². The van der Waals surface area contributed by atoms with Crippen molar-refractivity contribution < 1.29 is 28.6 Å². The first-order valence-corrected chi connectivity index (χ1v) is 12.8. The number of rotatable bonds is 5. The molecule has 3 aromatic rings. The summed E-state index contributed by atoms with van der Waals surface area (Å²) in [5, 5.41) is 9.49. The summed E-state index contributed by atoms with van der Waals surface area (Å²) in [6.45, 7) is 2.01. The van der Waals surface area contributed by atoms with Gasteiger partial charge >= 0.3 is 12.1 Å². The third-order valence-corrected chi connectivity index (χ3v) is 7.91. The van der Waals surface area contributed by atoms with Crippen LogP contribution in [0.1, 0.15) is 62.0 Å². The van der Waals surface area contributed by atoms with E-state index in [-0.39, 0.29) is 23.8 Å². The number of aromatic nitrogens is 2. The number of methoxy groups -OCH3 is 2. The molecule has 2 aromatic carbocycles. The molecule has 0 spiro atoms. The van der Waals surface area contributed by atoms with E-state index in [9.17, 15) is 19.1 Å². The Bertz CT molecular complexity index is 1350. The van der Waals surface area contributed by atoms with Gasteiger partial charge in [0.25, 0.3) is 0 Å². The molecule has 1 aromatic heterocycles. The van der Waals surface area contributed by atoms with E-state index in [1.165, 1.54) is 20.3 Å². The molecule has 2 heterocycles. The Morgan fingerprint density at radius 2 is 1.86 bits per heavy atom. The molecule has 2 aliphatic rings. The highest BCUT2D eigenvalue weighted by atomic mass is 19.1. The van der Waals surface area contributed by atoms with Crippen LogP contribution in [0.2, 0.25) is 0 Å². The standard InChI is InChI=1S/C28H32FN3O5/c1-16-7-12-20-22(31(16)28(35)37-3)13-14-23-25(20)30-24(15-18-5-4-6-21(29)26(18)36-2)32(23)19-10-8-17(9-11-19)27(33)34/h4-6,13-14,16-17,19H,7-12,15H2,1-3H3,(H,33,34). The minimum absolute atomic E-state index is 0.00167. The number of hydrogen-bond donors (Lipinski definition) is 1. The van der Waals surface area contributed by atoms with Crippen molar-refractivity contribution in [3.8, 4) is 5.75 Å². The van der Waals surface area contributed by atoms with Crippen LogP contribution in [0.3, 0.4) is 0 Å². The van der Waals surface area contributed by atoms with Crippen LogP contribution < -0.4 is 9.64 Å². The summed E-state index contributed by atoms with van der Waals surface area (Å²) in [4.78, 5) is 30.9. The molecule has 0 saturated heterocycles. The van der Waals surface area contributed by atoms with E-state index in [1.54, 1.807) is 11.0 Å². The van der Waals surface area contributed by atoms with E-state index < -0.39 is 17.9 Å². The van der Waals surface area contributed by atoms with Crippen LogP contribution >= 0.6 is 0 Å². The maximum absolute atomic E-state index is 14.5. The maximum atomic E-state index is 14.5. The number of hydrogen-bond acceptors (Lipinski definition) is 5. The van der Waals surface area contributed by atoms with E-state index in [0.29, 0.717) is 24.8 Å². The van der Waals surface area contributed by atoms with Gasteiger partial charge in [0.1, 0.15) is 5.82 Å². The molecule has 1 atom stereocenters. The highest BCUT2D eigenvalue weighted by molar-refractivity contribution is 5.95. The second kappa shape index (κ2) is 10.0. The Morgan fingerprint density at radius 1 is 1.11 bits per heavy atom. The predicted molar refractivity (Wildman–Crippen MR) is 137 cm³/mol. The van der Waals surface area contributed by atoms with Gasteiger partial charge in [0.15, 0.2) is 11.6 Å². The van der Waals surface area contributed by atoms with Crippen molar-refractivity contribution in [2.45, 2.75) is 64.0 Å². The van der Waals surface area contributed by atoms with E-state index in [1.807, 2.05) is 25.1 Å². The fraction of sp³-hybridized carbons (Fsp3) is 0.464. The molecular weight excluding hydrogens is 477 g/mol. The minimum atomic E-state index is -0.746. The van der Waals surface area contributed by atoms with Gasteiger partial charge in [0.05, 0.1) is 36.9 Å². The maximum Gasteiger partial charge on any atom is 0.414 e. The number of carboxylic acid groups (broad SMARTS) is 1. The number of benzene rings is 2. The zero-order chi connectivity index (χ0) is 26.3. The molecular formula is C28H32FN3O5. The van der Waals surface area contributed by atoms with Crippen molar-refractivity contribution in [3.63, 3.8) is 0 Å². The van der Waals surface area contributed by atoms with Gasteiger partial charge in [-0.3, -0.25) is 9.69 Å². The van der Waals surface area contributed by atoms with Crippen molar-refractivity contribution in [2.24, 2.45) is 5.92 Å². The van der Waals surface area contributed by atoms with Crippen LogP contribution in [-0.2, 0) is 22.4 Å². The number of aliphatic carboxylic acids is 1. The molecule has 0 bridgehead atoms. The molecule has 37 heavy (non-hydrogen) atoms. The number of para-hydroxylation sites is 1. The summed E-state index contributed by atoms with van der Waals surface area (Å²) >= 11 is 0. The zero-order valence-corrected chi connectivity index (χ0v) is 21.4. The summed E-state index contributed by atoms with van der Waals surface area (Å²) in [5.74, 6) is -0.534. The molecule has 1 N–H and O–H groups in total. The number of anilines is 1. The van der Waals surface area contributed by atoms with Gasteiger partial charge in [-0.05, 0) is 63.6 Å². The normalized spacial score (nSPS) is 21.5. The first kappa shape index (κ1) is 25.0. The number of fused-ring (bicyclic) bond motifs is 3. The zero-order valence-electron chi connectivity index (χ0n) is 21.4. The number of carbonyl (C=O) groups is 2. The molecule has 1 aliphatic carbocycles. The number of imidazole rings is 1. The van der Waals surface area contributed by atoms with E-state index in [0.717, 1.165) is 53.8 Å². The van der Waals surface area contributed by atoms with Gasteiger partial charge in [-0.15, -0.1) is 0 Å². The van der Waals surface area contributed by atoms with Crippen molar-refractivity contribution in [2.75, 3.05) is 19.1 Å². The lowest BCUT2D eigenvalue weighted by Crippen LogP contribution is -2.42. The van der Waals surface area contributed by atoms with Gasteiger partial charge < -0.3 is 19.1 Å². The number of nitrogens with zero attached hydrogens (tertiary/aromatic N) is 3. The number of ether oxygens (including phenoxy) is 2. The lowest BCUT2D eigenvalue weighted by atomic mass is 9.85. The molecule has 1 unspecified atom stereocenters. The molecule has 1 amide bonds. The fourth-order valence-electron chi connectivity index (χ4n) is 6.03. The molecule has 5 rings (SSSR count). The molecule has 1 fully saturated rings. The van der Waals surface area contributed by atoms with Crippen molar-refractivity contribution in [1.29, 1.82) is 0 Å². The highest BCUT2D eigenvalue weighted by Crippen LogP contribution is 2.41. The van der Waals surface area contributed by atoms with E-state index in [2.05, 4.69) is 4.57 Å².